The molecule has 0 aromatic carbocycles. The summed E-state index contributed by atoms with van der Waals surface area (Å²) in [6.07, 6.45) is 4.55. The van der Waals surface area contributed by atoms with Crippen LogP contribution in [0.3, 0.4) is 0 Å². The van der Waals surface area contributed by atoms with Crippen molar-refractivity contribution in [3.8, 4) is 0 Å². The Morgan fingerprint density at radius 3 is 2.91 bits per heavy atom. The van der Waals surface area contributed by atoms with E-state index < -0.39 is 0 Å². The lowest BCUT2D eigenvalue weighted by atomic mass is 9.90. The zero-order valence-electron chi connectivity index (χ0n) is 6.82. The maximum Gasteiger partial charge on any atom is 0.0213 e. The van der Waals surface area contributed by atoms with Crippen LogP contribution in [0.1, 0.15) is 20.3 Å². The number of hydrogen-bond donors (Lipinski definition) is 1. The summed E-state index contributed by atoms with van der Waals surface area (Å²) in [6.45, 7) is 4.28. The average Bonchev–Trinajstić information content (AvgIpc) is 1.97. The Morgan fingerprint density at radius 1 is 1.73 bits per heavy atom. The zero-order valence-corrected chi connectivity index (χ0v) is 8.40. The maximum atomic E-state index is 7.15. The molecule has 2 heteroatoms. The molecular weight excluding hydrogens is 202 g/mol. The first-order chi connectivity index (χ1) is 5.15. The van der Waals surface area contributed by atoms with Crippen LogP contribution in [0.15, 0.2) is 21.7 Å². The van der Waals surface area contributed by atoms with Gasteiger partial charge in [-0.05, 0) is 30.9 Å². The molecule has 0 bridgehead atoms. The van der Waals surface area contributed by atoms with Crippen molar-refractivity contribution in [2.24, 2.45) is 5.92 Å². The van der Waals surface area contributed by atoms with E-state index in [0.717, 1.165) is 16.5 Å². The molecule has 11 heavy (non-hydrogen) atoms. The molecule has 0 spiro atoms. The van der Waals surface area contributed by atoms with E-state index in [9.17, 15) is 0 Å². The fourth-order valence-corrected chi connectivity index (χ4v) is 1.70. The molecular formula is C9H12BrN. The topological polar surface area (TPSA) is 23.9 Å². The van der Waals surface area contributed by atoms with Gasteiger partial charge in [0.2, 0.25) is 0 Å². The van der Waals surface area contributed by atoms with Crippen molar-refractivity contribution < 1.29 is 0 Å². The molecule has 1 aliphatic carbocycles. The lowest BCUT2D eigenvalue weighted by Gasteiger charge is -2.18. The first kappa shape index (κ1) is 8.72. The van der Waals surface area contributed by atoms with E-state index in [-0.39, 0.29) is 0 Å². The fourth-order valence-electron chi connectivity index (χ4n) is 1.27. The Morgan fingerprint density at radius 2 is 2.36 bits per heavy atom. The van der Waals surface area contributed by atoms with E-state index in [4.69, 9.17) is 5.41 Å². The molecule has 0 fully saturated rings. The Bertz CT molecular complexity index is 238. The predicted molar refractivity (Wildman–Crippen MR) is 52.3 cm³/mol. The third-order valence-electron chi connectivity index (χ3n) is 2.05. The standard InChI is InChI=1S/C9H12BrN/c1-6-3-7(2)9(10)4-8(6)5-11/h4-6,11H,3H2,1-2H3. The van der Waals surface area contributed by atoms with Crippen LogP contribution in [-0.4, -0.2) is 6.21 Å². The van der Waals surface area contributed by atoms with Crippen molar-refractivity contribution in [1.82, 2.24) is 0 Å². The van der Waals surface area contributed by atoms with Crippen LogP contribution in [0.25, 0.3) is 0 Å². The van der Waals surface area contributed by atoms with E-state index in [1.165, 1.54) is 11.8 Å². The highest BCUT2D eigenvalue weighted by atomic mass is 79.9. The first-order valence-electron chi connectivity index (χ1n) is 3.72. The second kappa shape index (κ2) is 3.35. The van der Waals surface area contributed by atoms with Crippen molar-refractivity contribution >= 4 is 22.1 Å². The van der Waals surface area contributed by atoms with Gasteiger partial charge in [-0.2, -0.15) is 0 Å². The summed E-state index contributed by atoms with van der Waals surface area (Å²) in [4.78, 5) is 0. The molecule has 1 unspecified atom stereocenters. The van der Waals surface area contributed by atoms with Crippen LogP contribution in [-0.2, 0) is 0 Å². The number of allylic oxidation sites excluding steroid dienone is 4. The van der Waals surface area contributed by atoms with Crippen LogP contribution in [0.4, 0.5) is 0 Å². The molecule has 0 aromatic heterocycles. The van der Waals surface area contributed by atoms with Crippen LogP contribution in [0, 0.1) is 11.3 Å². The molecule has 0 radical (unpaired) electrons. The minimum atomic E-state index is 0.508. The largest absolute Gasteiger partial charge is 0.308 e. The lowest BCUT2D eigenvalue weighted by molar-refractivity contribution is 0.687. The van der Waals surface area contributed by atoms with Crippen molar-refractivity contribution in [3.63, 3.8) is 0 Å². The first-order valence-corrected chi connectivity index (χ1v) is 4.51. The van der Waals surface area contributed by atoms with Gasteiger partial charge < -0.3 is 5.41 Å². The zero-order chi connectivity index (χ0) is 8.43. The molecule has 0 heterocycles. The van der Waals surface area contributed by atoms with Gasteiger partial charge in [-0.3, -0.25) is 0 Å². The number of hydrogen-bond acceptors (Lipinski definition) is 1. The molecule has 0 amide bonds. The fraction of sp³-hybridized carbons (Fsp3) is 0.444. The molecule has 60 valence electrons. The van der Waals surface area contributed by atoms with Crippen LogP contribution < -0.4 is 0 Å². The van der Waals surface area contributed by atoms with Crippen molar-refractivity contribution in [2.45, 2.75) is 20.3 Å². The number of nitrogens with one attached hydrogen (secondary N) is 1. The van der Waals surface area contributed by atoms with Gasteiger partial charge in [0.25, 0.3) is 0 Å². The van der Waals surface area contributed by atoms with Crippen LogP contribution in [0.2, 0.25) is 0 Å². The van der Waals surface area contributed by atoms with Gasteiger partial charge in [0.05, 0.1) is 0 Å². The molecule has 1 nitrogen and oxygen atoms in total. The van der Waals surface area contributed by atoms with E-state index in [0.29, 0.717) is 5.92 Å². The summed E-state index contributed by atoms with van der Waals surface area (Å²) < 4.78 is 1.15. The molecule has 0 saturated heterocycles. The minimum absolute atomic E-state index is 0.508. The van der Waals surface area contributed by atoms with Gasteiger partial charge in [0.15, 0.2) is 0 Å². The summed E-state index contributed by atoms with van der Waals surface area (Å²) in [5.41, 5.74) is 2.49. The third kappa shape index (κ3) is 1.80. The highest BCUT2D eigenvalue weighted by molar-refractivity contribution is 9.11. The smallest absolute Gasteiger partial charge is 0.0213 e. The second-order valence-corrected chi connectivity index (χ2v) is 3.88. The number of halogens is 1. The highest BCUT2D eigenvalue weighted by Gasteiger charge is 2.14. The van der Waals surface area contributed by atoms with Crippen molar-refractivity contribution in [1.29, 1.82) is 5.41 Å². The van der Waals surface area contributed by atoms with E-state index in [1.54, 1.807) is 0 Å². The van der Waals surface area contributed by atoms with E-state index >= 15 is 0 Å². The van der Waals surface area contributed by atoms with Crippen molar-refractivity contribution in [3.05, 3.63) is 21.7 Å². The lowest BCUT2D eigenvalue weighted by Crippen LogP contribution is -2.06. The van der Waals surface area contributed by atoms with Gasteiger partial charge in [-0.15, -0.1) is 0 Å². The molecule has 1 N–H and O–H groups in total. The highest BCUT2D eigenvalue weighted by Crippen LogP contribution is 2.30. The molecule has 1 aliphatic rings. The minimum Gasteiger partial charge on any atom is -0.308 e. The molecule has 0 aliphatic heterocycles. The summed E-state index contributed by atoms with van der Waals surface area (Å²) in [6, 6.07) is 0. The number of rotatable bonds is 1. The predicted octanol–water partition coefficient (Wildman–Crippen LogP) is 3.27. The summed E-state index contributed by atoms with van der Waals surface area (Å²) in [7, 11) is 0. The molecule has 1 rings (SSSR count). The van der Waals surface area contributed by atoms with Crippen LogP contribution in [0.5, 0.6) is 0 Å². The SMILES string of the molecule is CC1=C(Br)C=C(C=N)C(C)C1. The summed E-state index contributed by atoms with van der Waals surface area (Å²) >= 11 is 3.46. The van der Waals surface area contributed by atoms with E-state index in [2.05, 4.69) is 29.8 Å². The third-order valence-corrected chi connectivity index (χ3v) is 2.95. The second-order valence-electron chi connectivity index (χ2n) is 3.02. The van der Waals surface area contributed by atoms with Gasteiger partial charge in [0, 0.05) is 10.7 Å². The van der Waals surface area contributed by atoms with Gasteiger partial charge in [-0.1, -0.05) is 28.4 Å². The molecule has 1 atom stereocenters. The summed E-state index contributed by atoms with van der Waals surface area (Å²) in [5.74, 6) is 0.508. The Labute approximate surface area is 75.8 Å². The van der Waals surface area contributed by atoms with Gasteiger partial charge in [-0.25, -0.2) is 0 Å². The van der Waals surface area contributed by atoms with E-state index in [1.807, 2.05) is 6.08 Å². The Kier molecular flexibility index (Phi) is 2.66. The Hall–Kier alpha value is -0.370. The maximum absolute atomic E-state index is 7.15. The molecule has 0 saturated carbocycles. The molecule has 0 aromatic rings. The van der Waals surface area contributed by atoms with Crippen molar-refractivity contribution in [2.75, 3.05) is 0 Å². The average molecular weight is 214 g/mol. The summed E-state index contributed by atoms with van der Waals surface area (Å²) in [5, 5.41) is 7.15. The normalized spacial score (nSPS) is 25.0. The quantitative estimate of drug-likeness (QED) is 0.647. The monoisotopic (exact) mass is 213 g/mol. The van der Waals surface area contributed by atoms with Gasteiger partial charge >= 0.3 is 0 Å². The van der Waals surface area contributed by atoms with Crippen LogP contribution >= 0.6 is 15.9 Å². The Balaban J connectivity index is 2.95. The van der Waals surface area contributed by atoms with Gasteiger partial charge in [0.1, 0.15) is 0 Å².